The van der Waals surface area contributed by atoms with Crippen molar-refractivity contribution in [2.24, 2.45) is 5.92 Å². The zero-order valence-corrected chi connectivity index (χ0v) is 20.7. The van der Waals surface area contributed by atoms with Crippen LogP contribution in [0.5, 0.6) is 0 Å². The molecule has 2 fully saturated rings. The number of hydrogen-bond donors (Lipinski definition) is 2. The van der Waals surface area contributed by atoms with Gasteiger partial charge in [0, 0.05) is 45.7 Å². The number of halogens is 1. The Morgan fingerprint density at radius 1 is 0.974 bits per heavy atom. The molecule has 2 amide bonds. The number of fused-ring (bicyclic) bond motifs is 7. The van der Waals surface area contributed by atoms with E-state index in [1.807, 2.05) is 4.90 Å². The lowest BCUT2D eigenvalue weighted by Crippen LogP contribution is -2.62. The number of hydrogen-bond acceptors (Lipinski definition) is 6. The first-order valence-corrected chi connectivity index (χ1v) is 12.8. The molecular formula is C28H21ClN4O5. The largest absolute Gasteiger partial charge is 0.325 e. The van der Waals surface area contributed by atoms with Gasteiger partial charge in [0.1, 0.15) is 11.0 Å². The Morgan fingerprint density at radius 3 is 2.55 bits per heavy atom. The first kappa shape index (κ1) is 23.1. The van der Waals surface area contributed by atoms with Crippen LogP contribution in [0, 0.1) is 16.0 Å². The first-order chi connectivity index (χ1) is 18.3. The van der Waals surface area contributed by atoms with Crippen LogP contribution in [0.4, 0.5) is 17.1 Å². The highest BCUT2D eigenvalue weighted by Gasteiger charge is 2.81. The van der Waals surface area contributed by atoms with E-state index >= 15 is 0 Å². The second-order valence-corrected chi connectivity index (χ2v) is 10.7. The van der Waals surface area contributed by atoms with Gasteiger partial charge in [0.2, 0.25) is 5.91 Å². The molecule has 2 saturated heterocycles. The summed E-state index contributed by atoms with van der Waals surface area (Å²) in [5.41, 5.74) is -1.04. The Hall–Kier alpha value is -4.08. The molecule has 4 aliphatic heterocycles. The van der Waals surface area contributed by atoms with Gasteiger partial charge in [-0.3, -0.25) is 29.4 Å². The van der Waals surface area contributed by atoms with Gasteiger partial charge in [-0.15, -0.1) is 0 Å². The maximum atomic E-state index is 14.5. The van der Waals surface area contributed by atoms with Crippen LogP contribution < -0.4 is 10.6 Å². The van der Waals surface area contributed by atoms with E-state index in [0.717, 1.165) is 6.42 Å². The summed E-state index contributed by atoms with van der Waals surface area (Å²) in [5.74, 6) is -2.22. The average Bonchev–Trinajstić information content (AvgIpc) is 3.62. The Balaban J connectivity index is 1.57. The SMILES string of the molecule is O=C(c1cccc([N+](=O)[O-])c1)[C@H]1[C@@H]2CCCN2[C@]2(C(=O)Nc3ccc(Cl)cc32)[C@@]12C(=O)Nc1ccccc12. The van der Waals surface area contributed by atoms with Crippen LogP contribution in [-0.2, 0) is 20.5 Å². The molecule has 3 aromatic rings. The quantitative estimate of drug-likeness (QED) is 0.297. The number of rotatable bonds is 3. The topological polar surface area (TPSA) is 122 Å². The fourth-order valence-corrected chi connectivity index (χ4v) is 7.68. The van der Waals surface area contributed by atoms with Crippen molar-refractivity contribution in [3.05, 3.63) is 98.6 Å². The van der Waals surface area contributed by atoms with Gasteiger partial charge >= 0.3 is 0 Å². The number of nitrogens with one attached hydrogen (secondary N) is 2. The smallest absolute Gasteiger partial charge is 0.270 e. The Kier molecular flexibility index (Phi) is 4.69. The van der Waals surface area contributed by atoms with Crippen molar-refractivity contribution >= 4 is 46.3 Å². The molecule has 0 saturated carbocycles. The maximum absolute atomic E-state index is 14.5. The zero-order valence-electron chi connectivity index (χ0n) is 19.9. The molecule has 10 heteroatoms. The van der Waals surface area contributed by atoms with Gasteiger partial charge in [-0.25, -0.2) is 0 Å². The van der Waals surface area contributed by atoms with Gasteiger partial charge in [0.05, 0.1) is 10.8 Å². The second kappa shape index (κ2) is 7.72. The molecule has 2 N–H and O–H groups in total. The molecule has 9 nitrogen and oxygen atoms in total. The van der Waals surface area contributed by atoms with Crippen LogP contribution in [0.2, 0.25) is 5.02 Å². The molecule has 0 unspecified atom stereocenters. The lowest BCUT2D eigenvalue weighted by atomic mass is 9.57. The van der Waals surface area contributed by atoms with Crippen LogP contribution in [-0.4, -0.2) is 40.0 Å². The van der Waals surface area contributed by atoms with Gasteiger partial charge in [0.25, 0.3) is 11.6 Å². The first-order valence-electron chi connectivity index (χ1n) is 12.4. The molecule has 4 atom stereocenters. The number of non-ortho nitro benzene ring substituents is 1. The lowest BCUT2D eigenvalue weighted by molar-refractivity contribution is -0.384. The van der Waals surface area contributed by atoms with Crippen molar-refractivity contribution in [2.75, 3.05) is 17.2 Å². The third-order valence-electron chi connectivity index (χ3n) is 8.68. The average molecular weight is 529 g/mol. The zero-order chi connectivity index (χ0) is 26.4. The number of amides is 2. The molecule has 0 bridgehead atoms. The molecular weight excluding hydrogens is 508 g/mol. The standard InChI is InChI=1S/C28H21ClN4O5/c29-16-10-11-21-19(14-16)28(26(36)31-21)27(18-7-1-2-8-20(18)30-25(27)35)23(22-9-4-12-32(22)28)24(34)15-5-3-6-17(13-15)33(37)38/h1-3,5-8,10-11,13-14,22-23H,4,9,12H2,(H,30,35)(H,31,36)/t22-,23+,27+,28+/m0/s1. The van der Waals surface area contributed by atoms with Crippen molar-refractivity contribution in [3.63, 3.8) is 0 Å². The normalized spacial score (nSPS) is 28.8. The minimum absolute atomic E-state index is 0.134. The van der Waals surface area contributed by atoms with Crippen LogP contribution in [0.25, 0.3) is 0 Å². The van der Waals surface area contributed by atoms with E-state index in [1.54, 1.807) is 42.5 Å². The van der Waals surface area contributed by atoms with E-state index in [1.165, 1.54) is 24.3 Å². The van der Waals surface area contributed by atoms with E-state index in [-0.39, 0.29) is 17.2 Å². The van der Waals surface area contributed by atoms with E-state index in [4.69, 9.17) is 11.6 Å². The summed E-state index contributed by atoms with van der Waals surface area (Å²) in [5, 5.41) is 17.9. The molecule has 7 rings (SSSR count). The number of ketones is 1. The highest BCUT2D eigenvalue weighted by atomic mass is 35.5. The van der Waals surface area contributed by atoms with Crippen molar-refractivity contribution < 1.29 is 19.3 Å². The fraction of sp³-hybridized carbons (Fsp3) is 0.250. The molecule has 38 heavy (non-hydrogen) atoms. The van der Waals surface area contributed by atoms with Crippen LogP contribution in [0.15, 0.2) is 66.7 Å². The van der Waals surface area contributed by atoms with Gasteiger partial charge in [-0.2, -0.15) is 0 Å². The number of benzene rings is 3. The summed E-state index contributed by atoms with van der Waals surface area (Å²) in [6, 6.07) is 17.4. The number of nitro groups is 1. The molecule has 190 valence electrons. The van der Waals surface area contributed by atoms with Gasteiger partial charge < -0.3 is 10.6 Å². The molecule has 0 aromatic heterocycles. The Labute approximate surface area is 221 Å². The second-order valence-electron chi connectivity index (χ2n) is 10.2. The maximum Gasteiger partial charge on any atom is 0.270 e. The van der Waals surface area contributed by atoms with Crippen molar-refractivity contribution in [3.8, 4) is 0 Å². The van der Waals surface area contributed by atoms with E-state index in [2.05, 4.69) is 10.6 Å². The Bertz CT molecular complexity index is 1610. The molecule has 4 heterocycles. The van der Waals surface area contributed by atoms with Crippen molar-refractivity contribution in [1.82, 2.24) is 4.90 Å². The summed E-state index contributed by atoms with van der Waals surface area (Å²) in [6.45, 7) is 0.500. The summed E-state index contributed by atoms with van der Waals surface area (Å²) < 4.78 is 0. The van der Waals surface area contributed by atoms with E-state index in [0.29, 0.717) is 40.5 Å². The van der Waals surface area contributed by atoms with Crippen molar-refractivity contribution in [1.29, 1.82) is 0 Å². The molecule has 0 aliphatic carbocycles. The molecule has 4 aliphatic rings. The van der Waals surface area contributed by atoms with Crippen LogP contribution >= 0.6 is 11.6 Å². The third-order valence-corrected chi connectivity index (χ3v) is 8.92. The summed E-state index contributed by atoms with van der Waals surface area (Å²) in [7, 11) is 0. The highest BCUT2D eigenvalue weighted by molar-refractivity contribution is 6.31. The predicted molar refractivity (Wildman–Crippen MR) is 139 cm³/mol. The van der Waals surface area contributed by atoms with Gasteiger partial charge in [0.15, 0.2) is 5.78 Å². The highest BCUT2D eigenvalue weighted by Crippen LogP contribution is 2.68. The number of nitro benzene ring substituents is 1. The third kappa shape index (κ3) is 2.57. The number of Topliss-reactive ketones (excluding diaryl/α,β-unsaturated/α-hetero) is 1. The predicted octanol–water partition coefficient (Wildman–Crippen LogP) is 4.26. The number of carbonyl (C=O) groups excluding carboxylic acids is 3. The fourth-order valence-electron chi connectivity index (χ4n) is 7.50. The minimum atomic E-state index is -1.63. The summed E-state index contributed by atoms with van der Waals surface area (Å²) >= 11 is 6.46. The lowest BCUT2D eigenvalue weighted by Gasteiger charge is -2.43. The van der Waals surface area contributed by atoms with Crippen LogP contribution in [0.3, 0.4) is 0 Å². The number of anilines is 2. The molecule has 0 radical (unpaired) electrons. The van der Waals surface area contributed by atoms with Crippen LogP contribution in [0.1, 0.15) is 34.3 Å². The number of para-hydroxylation sites is 1. The van der Waals surface area contributed by atoms with E-state index in [9.17, 15) is 24.5 Å². The van der Waals surface area contributed by atoms with Gasteiger partial charge in [-0.1, -0.05) is 41.9 Å². The van der Waals surface area contributed by atoms with E-state index < -0.39 is 39.5 Å². The monoisotopic (exact) mass is 528 g/mol. The number of nitrogens with zero attached hydrogens (tertiary/aromatic N) is 2. The number of carbonyl (C=O) groups is 3. The summed E-state index contributed by atoms with van der Waals surface area (Å²) in [6.07, 6.45) is 1.32. The van der Waals surface area contributed by atoms with Gasteiger partial charge in [-0.05, 0) is 49.2 Å². The minimum Gasteiger partial charge on any atom is -0.325 e. The molecule has 3 aromatic carbocycles. The molecule has 2 spiro atoms. The summed E-state index contributed by atoms with van der Waals surface area (Å²) in [4.78, 5) is 56.2. The Morgan fingerprint density at radius 2 is 1.74 bits per heavy atom. The van der Waals surface area contributed by atoms with Crippen molar-refractivity contribution in [2.45, 2.75) is 29.8 Å².